The van der Waals surface area contributed by atoms with Gasteiger partial charge < -0.3 is 10.5 Å². The highest BCUT2D eigenvalue weighted by Gasteiger charge is 2.74. The van der Waals surface area contributed by atoms with E-state index in [0.29, 0.717) is 6.61 Å². The molecule has 0 aromatic heterocycles. The Balaban J connectivity index is 1.79. The van der Waals surface area contributed by atoms with Crippen LogP contribution in [0.2, 0.25) is 0 Å². The predicted octanol–water partition coefficient (Wildman–Crippen LogP) is 0.132. The average Bonchev–Trinajstić information content (AvgIpc) is 2.76. The summed E-state index contributed by atoms with van der Waals surface area (Å²) in [5.41, 5.74) is 5.80. The molecule has 18 heavy (non-hydrogen) atoms. The number of amides is 2. The molecule has 0 aromatic rings. The van der Waals surface area contributed by atoms with E-state index in [-0.39, 0.29) is 47.3 Å². The molecule has 2 aliphatic carbocycles. The summed E-state index contributed by atoms with van der Waals surface area (Å²) in [4.78, 5) is 26.0. The maximum Gasteiger partial charge on any atom is 0.234 e. The third-order valence-electron chi connectivity index (χ3n) is 4.84. The summed E-state index contributed by atoms with van der Waals surface area (Å²) in [6.07, 6.45) is 0.660. The van der Waals surface area contributed by atoms with Gasteiger partial charge in [-0.25, -0.2) is 0 Å². The molecule has 5 nitrogen and oxygen atoms in total. The van der Waals surface area contributed by atoms with Gasteiger partial charge >= 0.3 is 0 Å². The summed E-state index contributed by atoms with van der Waals surface area (Å²) < 4.78 is 5.55. The predicted molar refractivity (Wildman–Crippen MR) is 64.4 cm³/mol. The number of nitrogens with zero attached hydrogens (tertiary/aromatic N) is 1. The second kappa shape index (κ2) is 3.54. The molecule has 2 N–H and O–H groups in total. The van der Waals surface area contributed by atoms with Gasteiger partial charge in [0.25, 0.3) is 0 Å². The molecule has 2 saturated carbocycles. The van der Waals surface area contributed by atoms with Gasteiger partial charge in [0, 0.05) is 12.6 Å². The molecular weight excluding hydrogens is 232 g/mol. The number of likely N-dealkylation sites (tertiary alicyclic amines) is 1. The van der Waals surface area contributed by atoms with Crippen molar-refractivity contribution in [2.24, 2.45) is 23.0 Å². The minimum Gasteiger partial charge on any atom is -0.376 e. The van der Waals surface area contributed by atoms with Crippen molar-refractivity contribution in [3.63, 3.8) is 0 Å². The number of imide groups is 1. The fraction of sp³-hybridized carbons (Fsp3) is 0.846. The molecule has 5 unspecified atom stereocenters. The van der Waals surface area contributed by atoms with Crippen LogP contribution in [-0.4, -0.2) is 41.5 Å². The van der Waals surface area contributed by atoms with Gasteiger partial charge in [-0.05, 0) is 18.8 Å². The molecule has 5 atom stereocenters. The third-order valence-corrected chi connectivity index (χ3v) is 4.84. The molecule has 0 aromatic carbocycles. The second-order valence-electron chi connectivity index (χ2n) is 6.21. The minimum atomic E-state index is -0.242. The van der Waals surface area contributed by atoms with E-state index >= 15 is 0 Å². The number of hydrogen-bond donors (Lipinski definition) is 1. The Kier molecular flexibility index (Phi) is 2.38. The Morgan fingerprint density at radius 1 is 1.33 bits per heavy atom. The Bertz CT molecular complexity index is 394. The number of nitrogens with two attached hydrogens (primary N) is 1. The third kappa shape index (κ3) is 1.29. The summed E-state index contributed by atoms with van der Waals surface area (Å²) in [5, 5.41) is 0. The summed E-state index contributed by atoms with van der Waals surface area (Å²) in [6.45, 7) is 6.46. The van der Waals surface area contributed by atoms with Crippen LogP contribution in [-0.2, 0) is 14.3 Å². The highest BCUT2D eigenvalue weighted by molar-refractivity contribution is 6.10. The van der Waals surface area contributed by atoms with E-state index in [2.05, 4.69) is 0 Å². The van der Waals surface area contributed by atoms with E-state index in [1.54, 1.807) is 0 Å². The molecule has 100 valence electrons. The monoisotopic (exact) mass is 252 g/mol. The van der Waals surface area contributed by atoms with Crippen molar-refractivity contribution in [3.8, 4) is 0 Å². The number of rotatable bonds is 3. The van der Waals surface area contributed by atoms with Crippen molar-refractivity contribution in [2.45, 2.75) is 45.4 Å². The van der Waals surface area contributed by atoms with E-state index in [0.717, 1.165) is 6.42 Å². The SMILES string of the molecule is CCOC1CC(N)C1N1C(=O)C2C(C1=O)C2(C)C. The van der Waals surface area contributed by atoms with Gasteiger partial charge in [-0.2, -0.15) is 0 Å². The summed E-state index contributed by atoms with van der Waals surface area (Å²) >= 11 is 0. The molecular formula is C13H20N2O3. The lowest BCUT2D eigenvalue weighted by molar-refractivity contribution is -0.158. The zero-order valence-corrected chi connectivity index (χ0v) is 11.1. The van der Waals surface area contributed by atoms with Crippen molar-refractivity contribution in [3.05, 3.63) is 0 Å². The van der Waals surface area contributed by atoms with E-state index in [4.69, 9.17) is 10.5 Å². The summed E-state index contributed by atoms with van der Waals surface area (Å²) in [7, 11) is 0. The molecule has 0 bridgehead atoms. The van der Waals surface area contributed by atoms with Crippen molar-refractivity contribution >= 4 is 11.8 Å². The molecule has 5 heteroatoms. The van der Waals surface area contributed by atoms with Crippen LogP contribution in [0.15, 0.2) is 0 Å². The number of fused-ring (bicyclic) bond motifs is 1. The minimum absolute atomic E-state index is 0.0418. The number of ether oxygens (including phenoxy) is 1. The number of piperidine rings is 1. The van der Waals surface area contributed by atoms with E-state index in [1.165, 1.54) is 4.90 Å². The van der Waals surface area contributed by atoms with Crippen LogP contribution < -0.4 is 5.73 Å². The molecule has 1 aliphatic heterocycles. The molecule has 2 amide bonds. The van der Waals surface area contributed by atoms with Gasteiger partial charge in [-0.1, -0.05) is 13.8 Å². The van der Waals surface area contributed by atoms with Crippen molar-refractivity contribution < 1.29 is 14.3 Å². The molecule has 3 aliphatic rings. The quantitative estimate of drug-likeness (QED) is 0.725. The van der Waals surface area contributed by atoms with Crippen LogP contribution in [0.5, 0.6) is 0 Å². The standard InChI is InChI=1S/C13H20N2O3/c1-4-18-7-5-6(14)10(7)15-11(16)8-9(12(15)17)13(8,2)3/h6-10H,4-5,14H2,1-3H3. The zero-order chi connectivity index (χ0) is 13.2. The van der Waals surface area contributed by atoms with Gasteiger partial charge in [-0.3, -0.25) is 14.5 Å². The Hall–Kier alpha value is -0.940. The zero-order valence-electron chi connectivity index (χ0n) is 11.1. The molecule has 3 fully saturated rings. The first-order valence-corrected chi connectivity index (χ1v) is 6.65. The van der Waals surface area contributed by atoms with Gasteiger partial charge in [-0.15, -0.1) is 0 Å². The lowest BCUT2D eigenvalue weighted by Crippen LogP contribution is -2.66. The van der Waals surface area contributed by atoms with Crippen LogP contribution in [0.4, 0.5) is 0 Å². The van der Waals surface area contributed by atoms with Crippen LogP contribution in [0.25, 0.3) is 0 Å². The Morgan fingerprint density at radius 2 is 1.89 bits per heavy atom. The Morgan fingerprint density at radius 3 is 2.33 bits per heavy atom. The maximum atomic E-state index is 12.3. The first-order chi connectivity index (χ1) is 8.41. The van der Waals surface area contributed by atoms with E-state index in [1.807, 2.05) is 20.8 Å². The molecule has 0 radical (unpaired) electrons. The molecule has 1 heterocycles. The van der Waals surface area contributed by atoms with Crippen LogP contribution in [0.3, 0.4) is 0 Å². The largest absolute Gasteiger partial charge is 0.376 e. The first-order valence-electron chi connectivity index (χ1n) is 6.65. The van der Waals surface area contributed by atoms with Crippen molar-refractivity contribution in [2.75, 3.05) is 6.61 Å². The maximum absolute atomic E-state index is 12.3. The van der Waals surface area contributed by atoms with E-state index in [9.17, 15) is 9.59 Å². The summed E-state index contributed by atoms with van der Waals surface area (Å²) in [5.74, 6) is -0.333. The number of hydrogen-bond acceptors (Lipinski definition) is 4. The molecule has 1 saturated heterocycles. The number of carbonyl (C=O) groups excluding carboxylic acids is 2. The first kappa shape index (κ1) is 12.1. The second-order valence-corrected chi connectivity index (χ2v) is 6.21. The van der Waals surface area contributed by atoms with E-state index < -0.39 is 0 Å². The van der Waals surface area contributed by atoms with Gasteiger partial charge in [0.15, 0.2) is 0 Å². The highest BCUT2D eigenvalue weighted by Crippen LogP contribution is 2.64. The molecule has 3 rings (SSSR count). The topological polar surface area (TPSA) is 72.6 Å². The fourth-order valence-electron chi connectivity index (χ4n) is 3.63. The summed E-state index contributed by atoms with van der Waals surface area (Å²) in [6, 6.07) is -0.372. The van der Waals surface area contributed by atoms with Gasteiger partial charge in [0.05, 0.1) is 24.0 Å². The molecule has 0 spiro atoms. The normalized spacial score (nSPS) is 44.9. The lowest BCUT2D eigenvalue weighted by atomic mass is 9.81. The van der Waals surface area contributed by atoms with Crippen molar-refractivity contribution in [1.29, 1.82) is 0 Å². The number of carbonyl (C=O) groups is 2. The fourth-order valence-corrected chi connectivity index (χ4v) is 3.63. The van der Waals surface area contributed by atoms with Crippen molar-refractivity contribution in [1.82, 2.24) is 4.90 Å². The van der Waals surface area contributed by atoms with Crippen LogP contribution >= 0.6 is 0 Å². The van der Waals surface area contributed by atoms with Crippen LogP contribution in [0, 0.1) is 17.3 Å². The average molecular weight is 252 g/mol. The lowest BCUT2D eigenvalue weighted by Gasteiger charge is -2.46. The Labute approximate surface area is 107 Å². The van der Waals surface area contributed by atoms with Gasteiger partial charge in [0.1, 0.15) is 0 Å². The smallest absolute Gasteiger partial charge is 0.234 e. The van der Waals surface area contributed by atoms with Crippen LogP contribution in [0.1, 0.15) is 27.2 Å². The van der Waals surface area contributed by atoms with Gasteiger partial charge in [0.2, 0.25) is 11.8 Å². The highest BCUT2D eigenvalue weighted by atomic mass is 16.5.